The lowest BCUT2D eigenvalue weighted by Crippen LogP contribution is -2.40. The summed E-state index contributed by atoms with van der Waals surface area (Å²) in [5.74, 6) is -0.328. The lowest BCUT2D eigenvalue weighted by molar-refractivity contribution is -0.132. The van der Waals surface area contributed by atoms with Gasteiger partial charge in [-0.05, 0) is 56.8 Å². The number of carbonyl (C=O) groups is 2. The van der Waals surface area contributed by atoms with Crippen molar-refractivity contribution >= 4 is 49.2 Å². The number of carbonyl (C=O) groups excluding carboxylic acids is 2. The molecule has 1 aromatic heterocycles. The van der Waals surface area contributed by atoms with Gasteiger partial charge in [-0.3, -0.25) is 14.2 Å². The quantitative estimate of drug-likeness (QED) is 0.288. The van der Waals surface area contributed by atoms with E-state index in [0.717, 1.165) is 5.56 Å². The number of ketones is 1. The van der Waals surface area contributed by atoms with Gasteiger partial charge in [0.25, 0.3) is 0 Å². The van der Waals surface area contributed by atoms with E-state index < -0.39 is 0 Å². The molecule has 0 radical (unpaired) electrons. The van der Waals surface area contributed by atoms with Crippen molar-refractivity contribution in [1.29, 1.82) is 0 Å². The second-order valence-corrected chi connectivity index (χ2v) is 9.96. The number of nitrogen functional groups attached to an aromatic ring is 1. The number of aromatic hydroxyl groups is 1. The lowest BCUT2D eigenvalue weighted by Gasteiger charge is -2.32. The molecule has 4 rings (SSSR count). The Labute approximate surface area is 213 Å². The largest absolute Gasteiger partial charge is 0.493 e. The second-order valence-electron chi connectivity index (χ2n) is 8.25. The number of aromatic nitrogens is 2. The lowest BCUT2D eigenvalue weighted by atomic mass is 10.0. The van der Waals surface area contributed by atoms with Crippen molar-refractivity contribution in [2.24, 2.45) is 0 Å². The first-order valence-electron chi connectivity index (χ1n) is 10.9. The van der Waals surface area contributed by atoms with E-state index in [9.17, 15) is 19.5 Å². The maximum Gasteiger partial charge on any atom is 0.329 e. The molecular formula is C24H24Br2N4O4. The predicted octanol–water partition coefficient (Wildman–Crippen LogP) is 4.48. The monoisotopic (exact) mass is 590 g/mol. The molecule has 2 heterocycles. The number of imidazole rings is 1. The Hall–Kier alpha value is -2.85. The third-order valence-corrected chi connectivity index (χ3v) is 7.43. The first-order chi connectivity index (χ1) is 16.3. The number of hydrogen-bond acceptors (Lipinski definition) is 5. The molecule has 1 saturated heterocycles. The van der Waals surface area contributed by atoms with E-state index in [1.807, 2.05) is 30.3 Å². The van der Waals surface area contributed by atoms with Crippen molar-refractivity contribution in [3.63, 3.8) is 0 Å². The summed E-state index contributed by atoms with van der Waals surface area (Å²) in [4.78, 5) is 42.3. The summed E-state index contributed by atoms with van der Waals surface area (Å²) in [7, 11) is 0. The van der Waals surface area contributed by atoms with Crippen LogP contribution in [0.2, 0.25) is 0 Å². The van der Waals surface area contributed by atoms with Crippen LogP contribution >= 0.6 is 31.9 Å². The number of Topliss-reactive ketones (excluding diaryl/α,β-unsaturated/α-hetero) is 1. The van der Waals surface area contributed by atoms with E-state index in [2.05, 4.69) is 36.8 Å². The molecule has 4 N–H and O–H groups in total. The molecule has 0 spiro atoms. The molecule has 178 valence electrons. The Morgan fingerprint density at radius 3 is 2.29 bits per heavy atom. The molecule has 10 heteroatoms. The van der Waals surface area contributed by atoms with Gasteiger partial charge >= 0.3 is 5.69 Å². The highest BCUT2D eigenvalue weighted by molar-refractivity contribution is 9.11. The van der Waals surface area contributed by atoms with Crippen molar-refractivity contribution < 1.29 is 14.7 Å². The van der Waals surface area contributed by atoms with Crippen LogP contribution < -0.4 is 11.4 Å². The second kappa shape index (κ2) is 10.2. The smallest absolute Gasteiger partial charge is 0.329 e. The standard InChI is InChI=1S/C24H24Br2N4O4/c25-17-12-15(13-18(26)21(17)27)19(31)6-7-20(32)29-10-8-16(9-11-29)30-23(33)22(28-24(30)34)14-4-2-1-3-5-14/h1-5,12-13,16,33H,6-11,27H2,(H,28,34). The van der Waals surface area contributed by atoms with Gasteiger partial charge in [0, 0.05) is 52.0 Å². The Kier molecular flexibility index (Phi) is 7.27. The average Bonchev–Trinajstić information content (AvgIpc) is 3.14. The van der Waals surface area contributed by atoms with Crippen LogP contribution in [0.4, 0.5) is 5.69 Å². The average molecular weight is 592 g/mol. The van der Waals surface area contributed by atoms with Gasteiger partial charge in [-0.25, -0.2) is 4.79 Å². The van der Waals surface area contributed by atoms with Gasteiger partial charge in [0.05, 0.1) is 5.69 Å². The number of amides is 1. The number of piperidine rings is 1. The number of nitrogens with two attached hydrogens (primary N) is 1. The van der Waals surface area contributed by atoms with Gasteiger partial charge in [-0.1, -0.05) is 30.3 Å². The minimum atomic E-state index is -0.368. The van der Waals surface area contributed by atoms with Crippen molar-refractivity contribution in [2.45, 2.75) is 31.7 Å². The Morgan fingerprint density at radius 2 is 1.68 bits per heavy atom. The highest BCUT2D eigenvalue weighted by atomic mass is 79.9. The summed E-state index contributed by atoms with van der Waals surface area (Å²) in [5.41, 5.74) is 7.62. The zero-order valence-corrected chi connectivity index (χ0v) is 21.4. The summed E-state index contributed by atoms with van der Waals surface area (Å²) in [5, 5.41) is 10.7. The number of aromatic amines is 1. The number of nitrogens with zero attached hydrogens (tertiary/aromatic N) is 2. The molecule has 0 unspecified atom stereocenters. The van der Waals surface area contributed by atoms with Gasteiger partial charge in [-0.15, -0.1) is 0 Å². The van der Waals surface area contributed by atoms with Gasteiger partial charge in [-0.2, -0.15) is 0 Å². The van der Waals surface area contributed by atoms with Crippen molar-refractivity contribution in [3.8, 4) is 17.1 Å². The van der Waals surface area contributed by atoms with E-state index in [1.165, 1.54) is 4.57 Å². The number of H-pyrrole nitrogens is 1. The molecule has 0 aliphatic carbocycles. The summed E-state index contributed by atoms with van der Waals surface area (Å²) in [6.07, 6.45) is 1.28. The van der Waals surface area contributed by atoms with Gasteiger partial charge < -0.3 is 20.7 Å². The van der Waals surface area contributed by atoms with Crippen molar-refractivity contribution in [1.82, 2.24) is 14.5 Å². The van der Waals surface area contributed by atoms with Crippen LogP contribution in [-0.2, 0) is 4.79 Å². The fourth-order valence-corrected chi connectivity index (χ4v) is 5.41. The van der Waals surface area contributed by atoms with Crippen LogP contribution in [0.3, 0.4) is 0 Å². The molecule has 1 fully saturated rings. The van der Waals surface area contributed by atoms with Crippen LogP contribution in [0, 0.1) is 0 Å². The fourth-order valence-electron chi connectivity index (χ4n) is 4.23. The summed E-state index contributed by atoms with van der Waals surface area (Å²) < 4.78 is 2.62. The highest BCUT2D eigenvalue weighted by Gasteiger charge is 2.28. The van der Waals surface area contributed by atoms with Gasteiger partial charge in [0.15, 0.2) is 5.78 Å². The van der Waals surface area contributed by atoms with Crippen LogP contribution in [0.25, 0.3) is 11.3 Å². The van der Waals surface area contributed by atoms with E-state index in [-0.39, 0.29) is 42.1 Å². The minimum Gasteiger partial charge on any atom is -0.493 e. The maximum atomic E-state index is 12.7. The number of hydrogen-bond donors (Lipinski definition) is 3. The number of likely N-dealkylation sites (tertiary alicyclic amines) is 1. The van der Waals surface area contributed by atoms with Crippen molar-refractivity contribution in [3.05, 3.63) is 67.5 Å². The first-order valence-corrected chi connectivity index (χ1v) is 12.5. The fraction of sp³-hybridized carbons (Fsp3) is 0.292. The highest BCUT2D eigenvalue weighted by Crippen LogP contribution is 2.32. The molecule has 0 bridgehead atoms. The Morgan fingerprint density at radius 1 is 1.06 bits per heavy atom. The van der Waals surface area contributed by atoms with Crippen LogP contribution in [0.1, 0.15) is 42.1 Å². The first kappa shape index (κ1) is 24.3. The molecule has 3 aromatic rings. The number of nitrogens with one attached hydrogen (secondary N) is 1. The normalized spacial score (nSPS) is 14.4. The zero-order valence-electron chi connectivity index (χ0n) is 18.3. The molecule has 34 heavy (non-hydrogen) atoms. The third kappa shape index (κ3) is 4.97. The minimum absolute atomic E-state index is 0.0904. The number of benzene rings is 2. The topological polar surface area (TPSA) is 121 Å². The maximum absolute atomic E-state index is 12.7. The van der Waals surface area contributed by atoms with Gasteiger partial charge in [0.1, 0.15) is 5.69 Å². The van der Waals surface area contributed by atoms with Gasteiger partial charge in [0.2, 0.25) is 11.8 Å². The molecular weight excluding hydrogens is 568 g/mol. The number of halogens is 2. The SMILES string of the molecule is Nc1c(Br)cc(C(=O)CCC(=O)N2CCC(n3c(O)c(-c4ccccc4)[nH]c3=O)CC2)cc1Br. The molecule has 0 atom stereocenters. The molecule has 1 aliphatic rings. The molecule has 1 amide bonds. The van der Waals surface area contributed by atoms with E-state index in [0.29, 0.717) is 51.8 Å². The molecule has 2 aromatic carbocycles. The van der Waals surface area contributed by atoms with E-state index >= 15 is 0 Å². The Bertz CT molecular complexity index is 1250. The van der Waals surface area contributed by atoms with E-state index in [1.54, 1.807) is 17.0 Å². The predicted molar refractivity (Wildman–Crippen MR) is 137 cm³/mol. The third-order valence-electron chi connectivity index (χ3n) is 6.11. The molecule has 0 saturated carbocycles. The summed E-state index contributed by atoms with van der Waals surface area (Å²) in [6, 6.07) is 12.3. The zero-order chi connectivity index (χ0) is 24.4. The summed E-state index contributed by atoms with van der Waals surface area (Å²) in [6.45, 7) is 0.906. The van der Waals surface area contributed by atoms with E-state index in [4.69, 9.17) is 5.73 Å². The number of anilines is 1. The molecule has 1 aliphatic heterocycles. The van der Waals surface area contributed by atoms with Crippen LogP contribution in [-0.4, -0.2) is 44.3 Å². The van der Waals surface area contributed by atoms with Crippen molar-refractivity contribution in [2.75, 3.05) is 18.8 Å². The summed E-state index contributed by atoms with van der Waals surface area (Å²) >= 11 is 6.66. The van der Waals surface area contributed by atoms with Crippen LogP contribution in [0.15, 0.2) is 56.2 Å². The van der Waals surface area contributed by atoms with Crippen LogP contribution in [0.5, 0.6) is 5.88 Å². The number of rotatable bonds is 6. The Balaban J connectivity index is 1.35. The molecule has 8 nitrogen and oxygen atoms in total.